The number of fused-ring (bicyclic) bond motifs is 2. The van der Waals surface area contributed by atoms with Crippen molar-refractivity contribution in [2.24, 2.45) is 0 Å². The highest BCUT2D eigenvalue weighted by atomic mass is 16.5. The minimum atomic E-state index is -0.460. The average Bonchev–Trinajstić information content (AvgIpc) is 3.66. The van der Waals surface area contributed by atoms with Gasteiger partial charge in [-0.1, -0.05) is 66.7 Å². The third kappa shape index (κ3) is 7.11. The first-order valence-corrected chi connectivity index (χ1v) is 20.3. The average molecular weight is 820 g/mol. The predicted octanol–water partition coefficient (Wildman–Crippen LogP) is 10.8. The van der Waals surface area contributed by atoms with E-state index >= 15 is 0 Å². The number of rotatable bonds is 10. The summed E-state index contributed by atoms with van der Waals surface area (Å²) in [6, 6.07) is 42.9. The maximum atomic E-state index is 14.0. The quantitative estimate of drug-likeness (QED) is 0.103. The second kappa shape index (κ2) is 15.6. The van der Waals surface area contributed by atoms with Crippen molar-refractivity contribution in [1.82, 2.24) is 0 Å². The molecule has 0 saturated heterocycles. The second-order valence-electron chi connectivity index (χ2n) is 15.9. The molecule has 9 rings (SSSR count). The minimum absolute atomic E-state index is 0.132. The molecule has 62 heavy (non-hydrogen) atoms. The summed E-state index contributed by atoms with van der Waals surface area (Å²) in [6.45, 7) is 7.64. The molecule has 2 aliphatic rings. The normalized spacial score (nSPS) is 13.3. The van der Waals surface area contributed by atoms with E-state index in [9.17, 15) is 24.3 Å². The summed E-state index contributed by atoms with van der Waals surface area (Å²) in [5, 5.41) is 9.75. The van der Waals surface area contributed by atoms with Gasteiger partial charge in [0.15, 0.2) is 0 Å². The number of nitrogens with zero attached hydrogens (tertiary/aromatic N) is 2. The molecule has 0 unspecified atom stereocenters. The topological polar surface area (TPSA) is 139 Å². The van der Waals surface area contributed by atoms with Gasteiger partial charge in [0.2, 0.25) is 0 Å². The van der Waals surface area contributed by atoms with Gasteiger partial charge in [-0.25, -0.2) is 9.80 Å². The van der Waals surface area contributed by atoms with E-state index in [1.54, 1.807) is 84.9 Å². The lowest BCUT2D eigenvalue weighted by Crippen LogP contribution is -2.30. The summed E-state index contributed by atoms with van der Waals surface area (Å²) in [4.78, 5) is 57.4. The minimum Gasteiger partial charge on any atom is -0.508 e. The second-order valence-corrected chi connectivity index (χ2v) is 15.9. The van der Waals surface area contributed by atoms with E-state index in [0.717, 1.165) is 49.4 Å². The summed E-state index contributed by atoms with van der Waals surface area (Å²) in [6.07, 6.45) is -0.444. The van der Waals surface area contributed by atoms with E-state index in [-0.39, 0.29) is 35.3 Å². The van der Waals surface area contributed by atoms with Crippen molar-refractivity contribution in [3.05, 3.63) is 168 Å². The number of hydrogen-bond donors (Lipinski definition) is 2. The molecule has 0 fully saturated rings. The molecule has 3 N–H and O–H groups in total. The van der Waals surface area contributed by atoms with Crippen LogP contribution in [0.25, 0.3) is 44.5 Å². The van der Waals surface area contributed by atoms with Gasteiger partial charge in [-0.3, -0.25) is 19.2 Å². The molecule has 4 amide bonds. The first-order valence-electron chi connectivity index (χ1n) is 20.3. The molecular formula is C52H41N3O7. The number of aromatic hydroxyl groups is 1. The Morgan fingerprint density at radius 3 is 1.39 bits per heavy atom. The smallest absolute Gasteiger partial charge is 0.266 e. The van der Waals surface area contributed by atoms with Crippen LogP contribution in [0.2, 0.25) is 0 Å². The molecule has 10 nitrogen and oxygen atoms in total. The number of carbonyl (C=O) groups excluding carboxylic acids is 4. The Labute approximate surface area is 358 Å². The Morgan fingerprint density at radius 1 is 0.419 bits per heavy atom. The lowest BCUT2D eigenvalue weighted by atomic mass is 9.98. The van der Waals surface area contributed by atoms with Gasteiger partial charge in [-0.05, 0) is 146 Å². The predicted molar refractivity (Wildman–Crippen MR) is 241 cm³/mol. The van der Waals surface area contributed by atoms with Crippen LogP contribution >= 0.6 is 0 Å². The van der Waals surface area contributed by atoms with Crippen molar-refractivity contribution < 1.29 is 33.8 Å². The van der Waals surface area contributed by atoms with Crippen molar-refractivity contribution in [1.29, 1.82) is 0 Å². The molecule has 10 heteroatoms. The van der Waals surface area contributed by atoms with Gasteiger partial charge in [-0.15, -0.1) is 0 Å². The monoisotopic (exact) mass is 819 g/mol. The maximum absolute atomic E-state index is 14.0. The zero-order valence-electron chi connectivity index (χ0n) is 34.4. The summed E-state index contributed by atoms with van der Waals surface area (Å²) in [5.41, 5.74) is 15.0. The van der Waals surface area contributed by atoms with Crippen LogP contribution in [-0.4, -0.2) is 40.9 Å². The van der Waals surface area contributed by atoms with Crippen molar-refractivity contribution in [3.63, 3.8) is 0 Å². The molecule has 0 radical (unpaired) electrons. The number of hydrogen-bond acceptors (Lipinski definition) is 8. The van der Waals surface area contributed by atoms with Gasteiger partial charge in [0.25, 0.3) is 23.6 Å². The number of imide groups is 2. The number of anilines is 3. The zero-order valence-corrected chi connectivity index (χ0v) is 34.4. The number of carbonyl (C=O) groups is 4. The number of amides is 4. The zero-order chi connectivity index (χ0) is 43.4. The molecule has 0 aromatic heterocycles. The summed E-state index contributed by atoms with van der Waals surface area (Å²) in [7, 11) is 0. The molecule has 0 bridgehead atoms. The van der Waals surface area contributed by atoms with Crippen molar-refractivity contribution >= 4 is 40.7 Å². The molecule has 2 heterocycles. The van der Waals surface area contributed by atoms with Crippen molar-refractivity contribution in [2.75, 3.05) is 15.5 Å². The molecule has 306 valence electrons. The van der Waals surface area contributed by atoms with E-state index in [2.05, 4.69) is 0 Å². The summed E-state index contributed by atoms with van der Waals surface area (Å²) < 4.78 is 12.7. The van der Waals surface area contributed by atoms with Crippen LogP contribution in [0.1, 0.15) is 69.1 Å². The molecule has 7 aromatic carbocycles. The highest BCUT2D eigenvalue weighted by Gasteiger charge is 2.39. The molecule has 0 saturated carbocycles. The van der Waals surface area contributed by atoms with E-state index in [1.807, 2.05) is 88.4 Å². The first kappa shape index (κ1) is 39.5. The van der Waals surface area contributed by atoms with Crippen LogP contribution in [0.3, 0.4) is 0 Å². The van der Waals surface area contributed by atoms with Crippen LogP contribution in [0.4, 0.5) is 17.1 Å². The van der Waals surface area contributed by atoms with Crippen LogP contribution < -0.4 is 25.0 Å². The number of nitrogen functional groups attached to an aromatic ring is 1. The standard InChI is InChI=1S/C52H41N3O7/c1-29(2)61-47-27-36(32-7-17-39(18-8-32)54-49(57)42-22-12-34(25-44(42)51(54)59)31-5-15-38(53)16-6-31)11-21-41(47)37-14-24-46(48(28-37)62-30(3)4)55-50(58)43-23-13-35(26-45(43)52(55)60)33-9-19-40(56)20-10-33/h5-30,56H,53H2,1-4H3. The Morgan fingerprint density at radius 2 is 0.823 bits per heavy atom. The van der Waals surface area contributed by atoms with Gasteiger partial charge in [0, 0.05) is 11.3 Å². The van der Waals surface area contributed by atoms with Gasteiger partial charge in [-0.2, -0.15) is 0 Å². The first-order chi connectivity index (χ1) is 29.8. The lowest BCUT2D eigenvalue weighted by Gasteiger charge is -2.22. The van der Waals surface area contributed by atoms with Crippen LogP contribution in [0.15, 0.2) is 146 Å². The Bertz CT molecular complexity index is 2960. The van der Waals surface area contributed by atoms with Crippen LogP contribution in [-0.2, 0) is 0 Å². The largest absolute Gasteiger partial charge is 0.508 e. The Balaban J connectivity index is 0.998. The highest BCUT2D eigenvalue weighted by Crippen LogP contribution is 2.43. The number of ether oxygens (including phenoxy) is 2. The number of phenolic OH excluding ortho intramolecular Hbond substituents is 1. The molecule has 0 aliphatic carbocycles. The molecule has 2 aliphatic heterocycles. The fourth-order valence-corrected chi connectivity index (χ4v) is 7.93. The van der Waals surface area contributed by atoms with Crippen molar-refractivity contribution in [3.8, 4) is 61.8 Å². The Kier molecular flexibility index (Phi) is 9.91. The molecule has 7 aromatic rings. The SMILES string of the molecule is CC(C)Oc1cc(-c2ccc(N3C(=O)c4ccc(-c5ccc(N)cc5)cc4C3=O)cc2)ccc1-c1ccc(N2C(=O)c3ccc(-c4ccc(O)cc4)cc3C2=O)c(OC(C)C)c1. The van der Waals surface area contributed by atoms with Crippen LogP contribution in [0.5, 0.6) is 17.2 Å². The third-order valence-electron chi connectivity index (χ3n) is 10.9. The number of phenols is 1. The van der Waals surface area contributed by atoms with E-state index < -0.39 is 11.8 Å². The van der Waals surface area contributed by atoms with Crippen molar-refractivity contribution in [2.45, 2.75) is 39.9 Å². The molecular weight excluding hydrogens is 779 g/mol. The van der Waals surface area contributed by atoms with E-state index in [4.69, 9.17) is 15.2 Å². The lowest BCUT2D eigenvalue weighted by molar-refractivity contribution is 0.0909. The highest BCUT2D eigenvalue weighted by molar-refractivity contribution is 6.36. The Hall–Kier alpha value is -7.98. The van der Waals surface area contributed by atoms with Gasteiger partial charge in [0.05, 0.1) is 45.8 Å². The summed E-state index contributed by atoms with van der Waals surface area (Å²) in [5.74, 6) is -0.589. The van der Waals surface area contributed by atoms with E-state index in [0.29, 0.717) is 45.3 Å². The van der Waals surface area contributed by atoms with Gasteiger partial charge < -0.3 is 20.3 Å². The fraction of sp³-hybridized carbons (Fsp3) is 0.115. The van der Waals surface area contributed by atoms with E-state index in [1.165, 1.54) is 4.90 Å². The molecule has 0 spiro atoms. The fourth-order valence-electron chi connectivity index (χ4n) is 7.93. The van der Waals surface area contributed by atoms with Gasteiger partial charge in [0.1, 0.15) is 17.2 Å². The molecule has 0 atom stereocenters. The van der Waals surface area contributed by atoms with Crippen LogP contribution in [0, 0.1) is 0 Å². The third-order valence-corrected chi connectivity index (χ3v) is 10.9. The maximum Gasteiger partial charge on any atom is 0.266 e. The van der Waals surface area contributed by atoms with Gasteiger partial charge >= 0.3 is 0 Å². The summed E-state index contributed by atoms with van der Waals surface area (Å²) >= 11 is 0. The number of nitrogens with two attached hydrogens (primary N) is 1. The number of benzene rings is 7.